The summed E-state index contributed by atoms with van der Waals surface area (Å²) in [5.74, 6) is 0.942. The Balaban J connectivity index is 1.81. The normalized spacial score (nSPS) is 18.7. The summed E-state index contributed by atoms with van der Waals surface area (Å²) in [4.78, 5) is 2.59. The molecule has 0 bridgehead atoms. The molecule has 0 aromatic rings. The summed E-state index contributed by atoms with van der Waals surface area (Å²) < 4.78 is 5.31. The lowest BCUT2D eigenvalue weighted by molar-refractivity contribution is 0.143. The quantitative estimate of drug-likeness (QED) is 0.627. The van der Waals surface area contributed by atoms with E-state index in [0.29, 0.717) is 0 Å². The van der Waals surface area contributed by atoms with E-state index in [1.807, 2.05) is 0 Å². The largest absolute Gasteiger partial charge is 0.382 e. The molecule has 0 unspecified atom stereocenters. The van der Waals surface area contributed by atoms with E-state index in [0.717, 1.165) is 32.2 Å². The fourth-order valence-electron chi connectivity index (χ4n) is 2.25. The van der Waals surface area contributed by atoms with E-state index in [1.54, 1.807) is 0 Å². The molecule has 1 heterocycles. The van der Waals surface area contributed by atoms with Crippen molar-refractivity contribution >= 4 is 0 Å². The summed E-state index contributed by atoms with van der Waals surface area (Å²) in [6.45, 7) is 12.3. The van der Waals surface area contributed by atoms with Crippen LogP contribution in [0.3, 0.4) is 0 Å². The average Bonchev–Trinajstić information content (AvgIpc) is 2.35. The van der Waals surface area contributed by atoms with Gasteiger partial charge in [-0.05, 0) is 58.2 Å². The predicted octanol–water partition coefficient (Wildman–Crippen LogP) is 2.12. The van der Waals surface area contributed by atoms with Gasteiger partial charge in [0.15, 0.2) is 0 Å². The SMILES string of the molecule is CCOCCCCNCCN1CCC(C)CC1. The number of ether oxygens (including phenoxy) is 1. The third kappa shape index (κ3) is 7.74. The van der Waals surface area contributed by atoms with E-state index in [2.05, 4.69) is 24.1 Å². The topological polar surface area (TPSA) is 24.5 Å². The Labute approximate surface area is 107 Å². The molecule has 3 heteroatoms. The molecule has 0 aromatic heterocycles. The molecule has 0 amide bonds. The fourth-order valence-corrected chi connectivity index (χ4v) is 2.25. The number of piperidine rings is 1. The molecule has 0 aliphatic carbocycles. The number of likely N-dealkylation sites (tertiary alicyclic amines) is 1. The first-order valence-electron chi connectivity index (χ1n) is 7.33. The molecular weight excluding hydrogens is 212 g/mol. The second-order valence-corrected chi connectivity index (χ2v) is 5.18. The van der Waals surface area contributed by atoms with Crippen LogP contribution in [-0.2, 0) is 4.74 Å². The average molecular weight is 242 g/mol. The first-order chi connectivity index (χ1) is 8.33. The maximum Gasteiger partial charge on any atom is 0.0466 e. The van der Waals surface area contributed by atoms with Gasteiger partial charge in [-0.15, -0.1) is 0 Å². The summed E-state index contributed by atoms with van der Waals surface area (Å²) in [5, 5.41) is 3.52. The summed E-state index contributed by atoms with van der Waals surface area (Å²) >= 11 is 0. The van der Waals surface area contributed by atoms with Gasteiger partial charge in [0, 0.05) is 26.3 Å². The summed E-state index contributed by atoms with van der Waals surface area (Å²) in [6.07, 6.45) is 5.18. The Morgan fingerprint density at radius 2 is 1.94 bits per heavy atom. The van der Waals surface area contributed by atoms with Crippen molar-refractivity contribution in [1.29, 1.82) is 0 Å². The van der Waals surface area contributed by atoms with Crippen molar-refractivity contribution in [1.82, 2.24) is 10.2 Å². The van der Waals surface area contributed by atoms with E-state index in [9.17, 15) is 0 Å². The first-order valence-corrected chi connectivity index (χ1v) is 7.33. The first kappa shape index (κ1) is 14.9. The molecule has 102 valence electrons. The van der Waals surface area contributed by atoms with Gasteiger partial charge in [0.25, 0.3) is 0 Å². The Kier molecular flexibility index (Phi) is 8.67. The number of nitrogens with one attached hydrogen (secondary N) is 1. The molecule has 0 aromatic carbocycles. The second kappa shape index (κ2) is 9.86. The van der Waals surface area contributed by atoms with Crippen molar-refractivity contribution < 1.29 is 4.74 Å². The Bertz CT molecular complexity index is 168. The van der Waals surface area contributed by atoms with Crippen molar-refractivity contribution in [2.45, 2.75) is 39.5 Å². The number of nitrogens with zero attached hydrogens (tertiary/aromatic N) is 1. The van der Waals surface area contributed by atoms with Gasteiger partial charge in [-0.3, -0.25) is 0 Å². The predicted molar refractivity (Wildman–Crippen MR) is 73.4 cm³/mol. The molecule has 1 aliphatic rings. The van der Waals surface area contributed by atoms with Gasteiger partial charge in [0.2, 0.25) is 0 Å². The molecule has 0 saturated carbocycles. The van der Waals surface area contributed by atoms with Gasteiger partial charge < -0.3 is 15.0 Å². The lowest BCUT2D eigenvalue weighted by Gasteiger charge is -2.30. The van der Waals surface area contributed by atoms with Crippen molar-refractivity contribution in [3.8, 4) is 0 Å². The summed E-state index contributed by atoms with van der Waals surface area (Å²) in [7, 11) is 0. The molecule has 1 saturated heterocycles. The van der Waals surface area contributed by atoms with Gasteiger partial charge in [0.1, 0.15) is 0 Å². The van der Waals surface area contributed by atoms with Crippen LogP contribution in [0, 0.1) is 5.92 Å². The van der Waals surface area contributed by atoms with E-state index in [-0.39, 0.29) is 0 Å². The minimum atomic E-state index is 0.848. The van der Waals surface area contributed by atoms with Crippen LogP contribution in [0.2, 0.25) is 0 Å². The molecular formula is C14H30N2O. The third-order valence-corrected chi connectivity index (χ3v) is 3.58. The highest BCUT2D eigenvalue weighted by Gasteiger charge is 2.14. The zero-order valence-corrected chi connectivity index (χ0v) is 11.7. The van der Waals surface area contributed by atoms with Gasteiger partial charge in [-0.25, -0.2) is 0 Å². The minimum absolute atomic E-state index is 0.848. The number of rotatable bonds is 9. The van der Waals surface area contributed by atoms with Crippen LogP contribution in [0.15, 0.2) is 0 Å². The van der Waals surface area contributed by atoms with E-state index in [1.165, 1.54) is 45.3 Å². The van der Waals surface area contributed by atoms with Crippen LogP contribution in [0.1, 0.15) is 39.5 Å². The van der Waals surface area contributed by atoms with Crippen LogP contribution in [0.5, 0.6) is 0 Å². The van der Waals surface area contributed by atoms with Crippen molar-refractivity contribution in [2.75, 3.05) is 45.9 Å². The van der Waals surface area contributed by atoms with E-state index < -0.39 is 0 Å². The number of hydrogen-bond donors (Lipinski definition) is 1. The van der Waals surface area contributed by atoms with Crippen LogP contribution in [0.4, 0.5) is 0 Å². The molecule has 1 rings (SSSR count). The lowest BCUT2D eigenvalue weighted by Crippen LogP contribution is -2.37. The maximum absolute atomic E-state index is 5.31. The summed E-state index contributed by atoms with van der Waals surface area (Å²) in [6, 6.07) is 0. The third-order valence-electron chi connectivity index (χ3n) is 3.58. The van der Waals surface area contributed by atoms with Crippen molar-refractivity contribution in [3.63, 3.8) is 0 Å². The zero-order valence-electron chi connectivity index (χ0n) is 11.7. The summed E-state index contributed by atoms with van der Waals surface area (Å²) in [5.41, 5.74) is 0. The second-order valence-electron chi connectivity index (χ2n) is 5.18. The lowest BCUT2D eigenvalue weighted by atomic mass is 9.99. The van der Waals surface area contributed by atoms with E-state index >= 15 is 0 Å². The van der Waals surface area contributed by atoms with E-state index in [4.69, 9.17) is 4.74 Å². The molecule has 1 fully saturated rings. The molecule has 3 nitrogen and oxygen atoms in total. The Morgan fingerprint density at radius 1 is 1.18 bits per heavy atom. The van der Waals surface area contributed by atoms with Crippen LogP contribution < -0.4 is 5.32 Å². The highest BCUT2D eigenvalue weighted by Crippen LogP contribution is 2.14. The Morgan fingerprint density at radius 3 is 2.65 bits per heavy atom. The minimum Gasteiger partial charge on any atom is -0.382 e. The molecule has 0 spiro atoms. The van der Waals surface area contributed by atoms with Gasteiger partial charge in [-0.1, -0.05) is 6.92 Å². The van der Waals surface area contributed by atoms with Crippen molar-refractivity contribution in [3.05, 3.63) is 0 Å². The van der Waals surface area contributed by atoms with Gasteiger partial charge in [0.05, 0.1) is 0 Å². The Hall–Kier alpha value is -0.120. The van der Waals surface area contributed by atoms with Gasteiger partial charge >= 0.3 is 0 Å². The van der Waals surface area contributed by atoms with Crippen LogP contribution in [0.25, 0.3) is 0 Å². The van der Waals surface area contributed by atoms with Crippen LogP contribution >= 0.6 is 0 Å². The fraction of sp³-hybridized carbons (Fsp3) is 1.00. The molecule has 17 heavy (non-hydrogen) atoms. The van der Waals surface area contributed by atoms with Crippen molar-refractivity contribution in [2.24, 2.45) is 5.92 Å². The highest BCUT2D eigenvalue weighted by atomic mass is 16.5. The monoisotopic (exact) mass is 242 g/mol. The number of unbranched alkanes of at least 4 members (excludes halogenated alkanes) is 1. The zero-order chi connectivity index (χ0) is 12.3. The maximum atomic E-state index is 5.31. The molecule has 1 N–H and O–H groups in total. The smallest absolute Gasteiger partial charge is 0.0466 e. The standard InChI is InChI=1S/C14H30N2O/c1-3-17-13-5-4-8-15-9-12-16-10-6-14(2)7-11-16/h14-15H,3-13H2,1-2H3. The highest BCUT2D eigenvalue weighted by molar-refractivity contribution is 4.69. The number of hydrogen-bond acceptors (Lipinski definition) is 3. The molecule has 1 aliphatic heterocycles. The molecule has 0 radical (unpaired) electrons. The molecule has 0 atom stereocenters. The van der Waals surface area contributed by atoms with Crippen LogP contribution in [-0.4, -0.2) is 50.8 Å². The van der Waals surface area contributed by atoms with Gasteiger partial charge in [-0.2, -0.15) is 0 Å².